The van der Waals surface area contributed by atoms with E-state index in [0.717, 1.165) is 5.75 Å². The highest BCUT2D eigenvalue weighted by Crippen LogP contribution is 2.29. The lowest BCUT2D eigenvalue weighted by molar-refractivity contribution is -0.120. The number of hydrogen-bond acceptors (Lipinski definition) is 4. The van der Waals surface area contributed by atoms with Crippen LogP contribution in [0.1, 0.15) is 19.8 Å². The van der Waals surface area contributed by atoms with Crippen LogP contribution in [0.2, 0.25) is 0 Å². The van der Waals surface area contributed by atoms with Crippen molar-refractivity contribution in [3.05, 3.63) is 48.5 Å². The Kier molecular flexibility index (Phi) is 5.41. The van der Waals surface area contributed by atoms with Crippen molar-refractivity contribution in [2.75, 3.05) is 23.9 Å². The molecule has 1 unspecified atom stereocenters. The van der Waals surface area contributed by atoms with Crippen LogP contribution in [0.15, 0.2) is 48.5 Å². The topological polar surface area (TPSA) is 67.9 Å². The van der Waals surface area contributed by atoms with Gasteiger partial charge in [-0.05, 0) is 61.9 Å². The van der Waals surface area contributed by atoms with E-state index in [2.05, 4.69) is 5.32 Å². The van der Waals surface area contributed by atoms with E-state index < -0.39 is 6.04 Å². The summed E-state index contributed by atoms with van der Waals surface area (Å²) in [5.41, 5.74) is 1.37. The van der Waals surface area contributed by atoms with Crippen LogP contribution in [-0.2, 0) is 9.59 Å². The first-order valence-electron chi connectivity index (χ1n) is 8.62. The van der Waals surface area contributed by atoms with Crippen LogP contribution in [0.4, 0.5) is 11.4 Å². The van der Waals surface area contributed by atoms with Gasteiger partial charge < -0.3 is 14.8 Å². The van der Waals surface area contributed by atoms with Gasteiger partial charge in [0.05, 0.1) is 13.7 Å². The molecular weight excluding hydrogens is 332 g/mol. The average molecular weight is 354 g/mol. The lowest BCUT2D eigenvalue weighted by atomic mass is 10.1. The second-order valence-corrected chi connectivity index (χ2v) is 5.96. The van der Waals surface area contributed by atoms with Crippen LogP contribution < -0.4 is 19.7 Å². The molecule has 1 heterocycles. The largest absolute Gasteiger partial charge is 0.497 e. The van der Waals surface area contributed by atoms with Gasteiger partial charge in [0.15, 0.2) is 0 Å². The molecule has 0 radical (unpaired) electrons. The van der Waals surface area contributed by atoms with E-state index in [9.17, 15) is 9.59 Å². The maximum atomic E-state index is 12.7. The van der Waals surface area contributed by atoms with Crippen LogP contribution in [0.25, 0.3) is 0 Å². The van der Waals surface area contributed by atoms with E-state index in [0.29, 0.717) is 36.6 Å². The number of nitrogens with zero attached hydrogens (tertiary/aromatic N) is 1. The Balaban J connectivity index is 1.73. The quantitative estimate of drug-likeness (QED) is 0.865. The molecule has 1 atom stereocenters. The highest BCUT2D eigenvalue weighted by Gasteiger charge is 2.37. The summed E-state index contributed by atoms with van der Waals surface area (Å²) in [6.07, 6.45) is 0.848. The number of nitrogens with one attached hydrogen (secondary N) is 1. The van der Waals surface area contributed by atoms with Gasteiger partial charge in [-0.25, -0.2) is 0 Å². The van der Waals surface area contributed by atoms with Crippen molar-refractivity contribution >= 4 is 23.2 Å². The van der Waals surface area contributed by atoms with E-state index in [4.69, 9.17) is 9.47 Å². The summed E-state index contributed by atoms with van der Waals surface area (Å²) >= 11 is 0. The molecule has 2 amide bonds. The van der Waals surface area contributed by atoms with Crippen molar-refractivity contribution in [3.63, 3.8) is 0 Å². The molecule has 136 valence electrons. The molecule has 6 heteroatoms. The summed E-state index contributed by atoms with van der Waals surface area (Å²) in [5, 5.41) is 2.88. The van der Waals surface area contributed by atoms with Crippen molar-refractivity contribution in [2.45, 2.75) is 25.8 Å². The molecule has 26 heavy (non-hydrogen) atoms. The summed E-state index contributed by atoms with van der Waals surface area (Å²) in [5.74, 6) is 1.20. The number of rotatable bonds is 6. The Morgan fingerprint density at radius 3 is 2.38 bits per heavy atom. The highest BCUT2D eigenvalue weighted by atomic mass is 16.5. The van der Waals surface area contributed by atoms with Crippen LogP contribution in [-0.4, -0.2) is 31.6 Å². The Labute approximate surface area is 152 Å². The number of carbonyl (C=O) groups excluding carboxylic acids is 2. The van der Waals surface area contributed by atoms with E-state index in [1.807, 2.05) is 6.92 Å². The third-order valence-corrected chi connectivity index (χ3v) is 4.30. The molecule has 1 fully saturated rings. The number of amides is 2. The zero-order chi connectivity index (χ0) is 18.5. The minimum absolute atomic E-state index is 0.0537. The second kappa shape index (κ2) is 7.91. The van der Waals surface area contributed by atoms with Gasteiger partial charge in [-0.15, -0.1) is 0 Å². The molecule has 1 saturated heterocycles. The SMILES string of the molecule is CCOc1ccc(NC(=O)C2CCC(=O)N2c2ccc(OC)cc2)cc1. The van der Waals surface area contributed by atoms with Gasteiger partial charge in [-0.1, -0.05) is 0 Å². The standard InChI is InChI=1S/C20H22N2O4/c1-3-26-17-8-4-14(5-9-17)21-20(24)18-12-13-19(23)22(18)15-6-10-16(25-2)11-7-15/h4-11,18H,3,12-13H2,1-2H3,(H,21,24). The third-order valence-electron chi connectivity index (χ3n) is 4.30. The lowest BCUT2D eigenvalue weighted by Gasteiger charge is -2.24. The summed E-state index contributed by atoms with van der Waals surface area (Å²) in [6, 6.07) is 13.8. The number of hydrogen-bond donors (Lipinski definition) is 1. The Bertz CT molecular complexity index is 771. The van der Waals surface area contributed by atoms with Gasteiger partial charge in [0.1, 0.15) is 17.5 Å². The second-order valence-electron chi connectivity index (χ2n) is 5.96. The normalized spacial score (nSPS) is 16.5. The molecule has 1 aliphatic heterocycles. The first-order valence-corrected chi connectivity index (χ1v) is 8.62. The Morgan fingerprint density at radius 2 is 1.77 bits per heavy atom. The van der Waals surface area contributed by atoms with Gasteiger partial charge in [-0.2, -0.15) is 0 Å². The summed E-state index contributed by atoms with van der Waals surface area (Å²) in [4.78, 5) is 26.6. The lowest BCUT2D eigenvalue weighted by Crippen LogP contribution is -2.41. The van der Waals surface area contributed by atoms with Gasteiger partial charge in [0.2, 0.25) is 11.8 Å². The van der Waals surface area contributed by atoms with Crippen molar-refractivity contribution in [2.24, 2.45) is 0 Å². The monoisotopic (exact) mass is 354 g/mol. The van der Waals surface area contributed by atoms with Crippen molar-refractivity contribution in [1.82, 2.24) is 0 Å². The first-order chi connectivity index (χ1) is 12.6. The summed E-state index contributed by atoms with van der Waals surface area (Å²) in [6.45, 7) is 2.51. The minimum Gasteiger partial charge on any atom is -0.497 e. The predicted molar refractivity (Wildman–Crippen MR) is 99.7 cm³/mol. The zero-order valence-corrected chi connectivity index (χ0v) is 14.9. The first kappa shape index (κ1) is 17.8. The molecule has 0 saturated carbocycles. The van der Waals surface area contributed by atoms with Crippen LogP contribution in [0.5, 0.6) is 11.5 Å². The summed E-state index contributed by atoms with van der Waals surface area (Å²) < 4.78 is 10.5. The van der Waals surface area contributed by atoms with Gasteiger partial charge >= 0.3 is 0 Å². The maximum Gasteiger partial charge on any atom is 0.247 e. The molecule has 0 aromatic heterocycles. The van der Waals surface area contributed by atoms with Gasteiger partial charge in [-0.3, -0.25) is 14.5 Å². The maximum absolute atomic E-state index is 12.7. The number of ether oxygens (including phenoxy) is 2. The van der Waals surface area contributed by atoms with E-state index in [-0.39, 0.29) is 11.8 Å². The number of carbonyl (C=O) groups is 2. The molecule has 3 rings (SSSR count). The van der Waals surface area contributed by atoms with Crippen molar-refractivity contribution in [3.8, 4) is 11.5 Å². The van der Waals surface area contributed by atoms with Crippen LogP contribution in [0.3, 0.4) is 0 Å². The molecule has 0 aliphatic carbocycles. The van der Waals surface area contributed by atoms with E-state index in [1.165, 1.54) is 0 Å². The third kappa shape index (κ3) is 3.79. The molecule has 1 N–H and O–H groups in total. The number of benzene rings is 2. The fourth-order valence-corrected chi connectivity index (χ4v) is 3.03. The number of methoxy groups -OCH3 is 1. The zero-order valence-electron chi connectivity index (χ0n) is 14.9. The fourth-order valence-electron chi connectivity index (χ4n) is 3.03. The minimum atomic E-state index is -0.525. The average Bonchev–Trinajstić information content (AvgIpc) is 3.05. The molecule has 1 aliphatic rings. The smallest absolute Gasteiger partial charge is 0.247 e. The van der Waals surface area contributed by atoms with Crippen molar-refractivity contribution in [1.29, 1.82) is 0 Å². The molecular formula is C20H22N2O4. The van der Waals surface area contributed by atoms with Crippen LogP contribution >= 0.6 is 0 Å². The molecule has 0 bridgehead atoms. The summed E-state index contributed by atoms with van der Waals surface area (Å²) in [7, 11) is 1.59. The van der Waals surface area contributed by atoms with Gasteiger partial charge in [0, 0.05) is 17.8 Å². The molecule has 6 nitrogen and oxygen atoms in total. The van der Waals surface area contributed by atoms with E-state index >= 15 is 0 Å². The van der Waals surface area contributed by atoms with E-state index in [1.54, 1.807) is 60.5 Å². The molecule has 2 aromatic carbocycles. The predicted octanol–water partition coefficient (Wildman–Crippen LogP) is 3.23. The Morgan fingerprint density at radius 1 is 1.12 bits per heavy atom. The highest BCUT2D eigenvalue weighted by molar-refractivity contribution is 6.07. The fraction of sp³-hybridized carbons (Fsp3) is 0.300. The number of anilines is 2. The van der Waals surface area contributed by atoms with Crippen molar-refractivity contribution < 1.29 is 19.1 Å². The van der Waals surface area contributed by atoms with Crippen LogP contribution in [0, 0.1) is 0 Å². The van der Waals surface area contributed by atoms with Gasteiger partial charge in [0.25, 0.3) is 0 Å². The molecule has 0 spiro atoms. The molecule has 2 aromatic rings. The Hall–Kier alpha value is -3.02.